The first-order valence-corrected chi connectivity index (χ1v) is 4.45. The van der Waals surface area contributed by atoms with E-state index < -0.39 is 0 Å². The molecule has 1 aromatic heterocycles. The highest BCUT2D eigenvalue weighted by Crippen LogP contribution is 2.25. The second kappa shape index (κ2) is 3.69. The minimum atomic E-state index is -0.368. The lowest BCUT2D eigenvalue weighted by Crippen LogP contribution is -1.83. The van der Waals surface area contributed by atoms with Crippen molar-refractivity contribution in [3.05, 3.63) is 47.5 Å². The van der Waals surface area contributed by atoms with Gasteiger partial charge < -0.3 is 4.42 Å². The van der Waals surface area contributed by atoms with Crippen LogP contribution in [0.5, 0.6) is 0 Å². The van der Waals surface area contributed by atoms with Crippen molar-refractivity contribution in [2.24, 2.45) is 0 Å². The van der Waals surface area contributed by atoms with Crippen molar-refractivity contribution >= 4 is 6.29 Å². The van der Waals surface area contributed by atoms with Gasteiger partial charge in [-0.3, -0.25) is 4.79 Å². The highest BCUT2D eigenvalue weighted by Gasteiger charge is 2.09. The lowest BCUT2D eigenvalue weighted by molar-refractivity contribution is 0.522. The predicted molar refractivity (Wildman–Crippen MR) is 53.6 cm³/mol. The highest BCUT2D eigenvalue weighted by molar-refractivity contribution is 5.73. The van der Waals surface area contributed by atoms with Gasteiger partial charge in [0, 0.05) is 0 Å². The second-order valence-corrected chi connectivity index (χ2v) is 3.25. The Hall–Kier alpha value is -1.90. The molecule has 0 amide bonds. The van der Waals surface area contributed by atoms with Gasteiger partial charge in [-0.15, -0.1) is 0 Å². The molecule has 0 saturated carbocycles. The van der Waals surface area contributed by atoms with Crippen molar-refractivity contribution in [2.45, 2.75) is 6.92 Å². The standard InChI is InChI=1S/C12H8FO2/c1-8-2-4-11(13)10(6-8)12-5-3-9(7-14)15-12/h2-6H,1H3. The third kappa shape index (κ3) is 1.81. The van der Waals surface area contributed by atoms with Gasteiger partial charge in [-0.25, -0.2) is 4.39 Å². The van der Waals surface area contributed by atoms with Crippen LogP contribution in [0.15, 0.2) is 34.7 Å². The molecule has 2 nitrogen and oxygen atoms in total. The van der Waals surface area contributed by atoms with Crippen LogP contribution in [-0.4, -0.2) is 6.29 Å². The number of carbonyl (C=O) groups excluding carboxylic acids is 1. The van der Waals surface area contributed by atoms with E-state index in [2.05, 4.69) is 0 Å². The van der Waals surface area contributed by atoms with Gasteiger partial charge in [0.1, 0.15) is 11.6 Å². The van der Waals surface area contributed by atoms with Crippen LogP contribution in [0.1, 0.15) is 11.3 Å². The lowest BCUT2D eigenvalue weighted by Gasteiger charge is -2.00. The van der Waals surface area contributed by atoms with Crippen LogP contribution >= 0.6 is 0 Å². The number of furan rings is 1. The summed E-state index contributed by atoms with van der Waals surface area (Å²) < 4.78 is 18.5. The molecular formula is C12H8FO2. The van der Waals surface area contributed by atoms with Gasteiger partial charge in [-0.1, -0.05) is 11.6 Å². The van der Waals surface area contributed by atoms with Crippen molar-refractivity contribution in [2.75, 3.05) is 0 Å². The van der Waals surface area contributed by atoms with E-state index in [0.717, 1.165) is 5.56 Å². The fourth-order valence-corrected chi connectivity index (χ4v) is 1.37. The zero-order valence-corrected chi connectivity index (χ0v) is 8.08. The minimum absolute atomic E-state index is 0.0749. The van der Waals surface area contributed by atoms with Gasteiger partial charge in [0.05, 0.1) is 5.56 Å². The number of hydrogen-bond donors (Lipinski definition) is 0. The van der Waals surface area contributed by atoms with E-state index in [1.807, 2.05) is 6.92 Å². The van der Waals surface area contributed by atoms with Crippen LogP contribution in [0.2, 0.25) is 0 Å². The normalized spacial score (nSPS) is 10.3. The SMILES string of the molecule is Cc1ccc(F)c(-c2ccc([C]=O)o2)c1. The van der Waals surface area contributed by atoms with Crippen LogP contribution in [0.3, 0.4) is 0 Å². The molecule has 0 fully saturated rings. The Morgan fingerprint density at radius 1 is 1.27 bits per heavy atom. The maximum atomic E-state index is 13.4. The van der Waals surface area contributed by atoms with Gasteiger partial charge >= 0.3 is 0 Å². The Kier molecular flexibility index (Phi) is 2.37. The van der Waals surface area contributed by atoms with Crippen LogP contribution in [0.4, 0.5) is 4.39 Å². The molecule has 0 saturated heterocycles. The van der Waals surface area contributed by atoms with E-state index in [4.69, 9.17) is 4.42 Å². The van der Waals surface area contributed by atoms with Gasteiger partial charge in [0.15, 0.2) is 5.76 Å². The number of aryl methyl sites for hydroxylation is 1. The third-order valence-corrected chi connectivity index (χ3v) is 2.09. The fourth-order valence-electron chi connectivity index (χ4n) is 1.37. The molecule has 15 heavy (non-hydrogen) atoms. The fraction of sp³-hybridized carbons (Fsp3) is 0.0833. The summed E-state index contributed by atoms with van der Waals surface area (Å²) in [5, 5.41) is 0. The van der Waals surface area contributed by atoms with Crippen LogP contribution in [-0.2, 0) is 4.79 Å². The molecule has 0 bridgehead atoms. The van der Waals surface area contributed by atoms with Crippen LogP contribution < -0.4 is 0 Å². The average molecular weight is 203 g/mol. The lowest BCUT2D eigenvalue weighted by atomic mass is 10.1. The quantitative estimate of drug-likeness (QED) is 0.751. The van der Waals surface area contributed by atoms with Gasteiger partial charge in [-0.2, -0.15) is 0 Å². The summed E-state index contributed by atoms with van der Waals surface area (Å²) in [6.45, 7) is 1.86. The number of rotatable bonds is 2. The summed E-state index contributed by atoms with van der Waals surface area (Å²) in [4.78, 5) is 10.3. The molecule has 0 atom stereocenters. The van der Waals surface area contributed by atoms with Gasteiger partial charge in [-0.05, 0) is 31.2 Å². The van der Waals surface area contributed by atoms with E-state index >= 15 is 0 Å². The van der Waals surface area contributed by atoms with Crippen molar-refractivity contribution in [3.8, 4) is 11.3 Å². The van der Waals surface area contributed by atoms with Gasteiger partial charge in [0.25, 0.3) is 6.29 Å². The molecule has 2 aromatic rings. The van der Waals surface area contributed by atoms with E-state index in [1.54, 1.807) is 24.5 Å². The van der Waals surface area contributed by atoms with E-state index in [0.29, 0.717) is 11.3 Å². The largest absolute Gasteiger partial charge is 0.452 e. The van der Waals surface area contributed by atoms with E-state index in [9.17, 15) is 9.18 Å². The Balaban J connectivity index is 2.52. The average Bonchev–Trinajstić information content (AvgIpc) is 2.70. The molecule has 1 heterocycles. The summed E-state index contributed by atoms with van der Waals surface area (Å²) in [6.07, 6.45) is 1.61. The number of hydrogen-bond acceptors (Lipinski definition) is 2. The molecule has 2 rings (SSSR count). The molecule has 0 unspecified atom stereocenters. The maximum absolute atomic E-state index is 13.4. The van der Waals surface area contributed by atoms with Crippen LogP contribution in [0, 0.1) is 12.7 Å². The smallest absolute Gasteiger partial charge is 0.271 e. The molecule has 0 aliphatic carbocycles. The van der Waals surface area contributed by atoms with E-state index in [1.165, 1.54) is 12.1 Å². The van der Waals surface area contributed by atoms with E-state index in [-0.39, 0.29) is 11.6 Å². The van der Waals surface area contributed by atoms with Crippen LogP contribution in [0.25, 0.3) is 11.3 Å². The molecule has 3 heteroatoms. The molecule has 0 spiro atoms. The molecule has 1 aromatic carbocycles. The Morgan fingerprint density at radius 3 is 2.73 bits per heavy atom. The first-order chi connectivity index (χ1) is 7.20. The van der Waals surface area contributed by atoms with Crippen molar-refractivity contribution in [3.63, 3.8) is 0 Å². The molecule has 0 aliphatic rings. The third-order valence-electron chi connectivity index (χ3n) is 2.09. The Morgan fingerprint density at radius 2 is 2.07 bits per heavy atom. The minimum Gasteiger partial charge on any atom is -0.452 e. The molecule has 75 valence electrons. The number of halogens is 1. The summed E-state index contributed by atoms with van der Waals surface area (Å²) >= 11 is 0. The molecule has 0 N–H and O–H groups in total. The van der Waals surface area contributed by atoms with Crippen molar-refractivity contribution in [1.29, 1.82) is 0 Å². The molecule has 1 radical (unpaired) electrons. The zero-order chi connectivity index (χ0) is 10.8. The first kappa shape index (κ1) is 9.65. The Labute approximate surface area is 86.3 Å². The predicted octanol–water partition coefficient (Wildman–Crippen LogP) is 2.85. The Bertz CT molecular complexity index is 500. The first-order valence-electron chi connectivity index (χ1n) is 4.45. The summed E-state index contributed by atoms with van der Waals surface area (Å²) in [5.41, 5.74) is 1.29. The maximum Gasteiger partial charge on any atom is 0.271 e. The van der Waals surface area contributed by atoms with Crippen molar-refractivity contribution < 1.29 is 13.6 Å². The van der Waals surface area contributed by atoms with Gasteiger partial charge in [0.2, 0.25) is 0 Å². The monoisotopic (exact) mass is 203 g/mol. The zero-order valence-electron chi connectivity index (χ0n) is 8.08. The molecule has 0 aliphatic heterocycles. The summed E-state index contributed by atoms with van der Waals surface area (Å²) in [5.74, 6) is 0.0489. The molecular weight excluding hydrogens is 195 g/mol. The number of benzene rings is 1. The highest BCUT2D eigenvalue weighted by atomic mass is 19.1. The topological polar surface area (TPSA) is 30.2 Å². The summed E-state index contributed by atoms with van der Waals surface area (Å²) in [6, 6.07) is 7.73. The summed E-state index contributed by atoms with van der Waals surface area (Å²) in [7, 11) is 0. The second-order valence-electron chi connectivity index (χ2n) is 3.25. The van der Waals surface area contributed by atoms with Crippen molar-refractivity contribution in [1.82, 2.24) is 0 Å².